The van der Waals surface area contributed by atoms with Gasteiger partial charge in [-0.2, -0.15) is 0 Å². The Kier molecular flexibility index (Phi) is 4.78. The average molecular weight is 227 g/mol. The van der Waals surface area contributed by atoms with Crippen LogP contribution in [0.4, 0.5) is 0 Å². The molecule has 1 unspecified atom stereocenters. The number of rotatable bonds is 5. The number of aliphatic carboxylic acids is 1. The van der Waals surface area contributed by atoms with Crippen molar-refractivity contribution in [1.82, 2.24) is 4.90 Å². The highest BCUT2D eigenvalue weighted by Gasteiger charge is 2.32. The molecule has 0 bridgehead atoms. The first-order chi connectivity index (χ1) is 7.41. The minimum atomic E-state index is -0.659. The van der Waals surface area contributed by atoms with Gasteiger partial charge < -0.3 is 10.0 Å². The molecule has 94 valence electrons. The number of carboxylic acid groups (broad SMARTS) is 1. The van der Waals surface area contributed by atoms with Crippen molar-refractivity contribution in [1.29, 1.82) is 0 Å². The van der Waals surface area contributed by atoms with Gasteiger partial charge in [0.15, 0.2) is 0 Å². The molecule has 0 amide bonds. The van der Waals surface area contributed by atoms with E-state index >= 15 is 0 Å². The summed E-state index contributed by atoms with van der Waals surface area (Å²) in [6.07, 6.45) is 3.72. The molecule has 0 aliphatic carbocycles. The zero-order valence-electron chi connectivity index (χ0n) is 10.8. The van der Waals surface area contributed by atoms with Crippen molar-refractivity contribution >= 4 is 5.97 Å². The van der Waals surface area contributed by atoms with Crippen molar-refractivity contribution < 1.29 is 9.90 Å². The predicted molar refractivity (Wildman–Crippen MR) is 65.5 cm³/mol. The second kappa shape index (κ2) is 5.67. The number of likely N-dealkylation sites (tertiary alicyclic amines) is 1. The Balaban J connectivity index is 2.42. The first-order valence-corrected chi connectivity index (χ1v) is 6.35. The second-order valence-electron chi connectivity index (χ2n) is 5.94. The third-order valence-corrected chi connectivity index (χ3v) is 3.46. The fraction of sp³-hybridized carbons (Fsp3) is 0.923. The maximum absolute atomic E-state index is 10.8. The summed E-state index contributed by atoms with van der Waals surface area (Å²) in [6.45, 7) is 9.80. The third kappa shape index (κ3) is 4.52. The van der Waals surface area contributed by atoms with E-state index in [0.29, 0.717) is 6.42 Å². The van der Waals surface area contributed by atoms with Crippen molar-refractivity contribution in [2.75, 3.05) is 19.6 Å². The zero-order chi connectivity index (χ0) is 12.2. The maximum atomic E-state index is 10.8. The number of hydrogen-bond donors (Lipinski definition) is 1. The van der Waals surface area contributed by atoms with Crippen LogP contribution in [0, 0.1) is 11.3 Å². The molecule has 0 aromatic carbocycles. The molecule has 0 aromatic rings. The van der Waals surface area contributed by atoms with Crippen LogP contribution in [0.3, 0.4) is 0 Å². The highest BCUT2D eigenvalue weighted by molar-refractivity contribution is 5.67. The lowest BCUT2D eigenvalue weighted by atomic mass is 9.79. The standard InChI is InChI=1S/C13H25NO2/c1-11(2)5-8-14-7-4-6-13(3,10-14)9-12(15)16/h11H,4-10H2,1-3H3,(H,15,16). The summed E-state index contributed by atoms with van der Waals surface area (Å²) in [5.41, 5.74) is -0.0128. The fourth-order valence-electron chi connectivity index (χ4n) is 2.57. The van der Waals surface area contributed by atoms with Gasteiger partial charge in [0.2, 0.25) is 0 Å². The normalized spacial score (nSPS) is 27.2. The van der Waals surface area contributed by atoms with Gasteiger partial charge >= 0.3 is 5.97 Å². The van der Waals surface area contributed by atoms with Gasteiger partial charge in [-0.1, -0.05) is 20.8 Å². The fourth-order valence-corrected chi connectivity index (χ4v) is 2.57. The quantitative estimate of drug-likeness (QED) is 0.785. The van der Waals surface area contributed by atoms with Crippen LogP contribution >= 0.6 is 0 Å². The van der Waals surface area contributed by atoms with Crippen LogP contribution in [0.25, 0.3) is 0 Å². The molecule has 3 heteroatoms. The van der Waals surface area contributed by atoms with Gasteiger partial charge in [-0.25, -0.2) is 0 Å². The molecule has 1 saturated heterocycles. The monoisotopic (exact) mass is 227 g/mol. The third-order valence-electron chi connectivity index (χ3n) is 3.46. The van der Waals surface area contributed by atoms with Gasteiger partial charge in [0.05, 0.1) is 6.42 Å². The number of hydrogen-bond acceptors (Lipinski definition) is 2. The first-order valence-electron chi connectivity index (χ1n) is 6.35. The second-order valence-corrected chi connectivity index (χ2v) is 5.94. The van der Waals surface area contributed by atoms with Gasteiger partial charge in [0.1, 0.15) is 0 Å². The van der Waals surface area contributed by atoms with Crippen molar-refractivity contribution in [3.8, 4) is 0 Å². The molecule has 0 spiro atoms. The van der Waals surface area contributed by atoms with E-state index in [1.807, 2.05) is 0 Å². The van der Waals surface area contributed by atoms with Crippen LogP contribution in [0.1, 0.15) is 46.5 Å². The Morgan fingerprint density at radius 2 is 2.19 bits per heavy atom. The van der Waals surface area contributed by atoms with E-state index < -0.39 is 5.97 Å². The summed E-state index contributed by atoms with van der Waals surface area (Å²) >= 11 is 0. The molecule has 1 atom stereocenters. The zero-order valence-corrected chi connectivity index (χ0v) is 10.8. The molecule has 1 heterocycles. The molecule has 1 fully saturated rings. The molecular formula is C13H25NO2. The van der Waals surface area contributed by atoms with Crippen LogP contribution in [-0.4, -0.2) is 35.6 Å². The average Bonchev–Trinajstić information content (AvgIpc) is 2.12. The largest absolute Gasteiger partial charge is 0.481 e. The maximum Gasteiger partial charge on any atom is 0.303 e. The Bertz CT molecular complexity index is 240. The van der Waals surface area contributed by atoms with Gasteiger partial charge in [-0.05, 0) is 43.7 Å². The highest BCUT2D eigenvalue weighted by atomic mass is 16.4. The SMILES string of the molecule is CC(C)CCN1CCCC(C)(CC(=O)O)C1. The van der Waals surface area contributed by atoms with Crippen LogP contribution < -0.4 is 0 Å². The van der Waals surface area contributed by atoms with Gasteiger partial charge in [-0.15, -0.1) is 0 Å². The Hall–Kier alpha value is -0.570. The predicted octanol–water partition coefficient (Wildman–Crippen LogP) is 2.61. The van der Waals surface area contributed by atoms with Gasteiger partial charge in [-0.3, -0.25) is 4.79 Å². The topological polar surface area (TPSA) is 40.5 Å². The lowest BCUT2D eigenvalue weighted by Gasteiger charge is -2.40. The van der Waals surface area contributed by atoms with Crippen LogP contribution in [0.2, 0.25) is 0 Å². The van der Waals surface area contributed by atoms with E-state index in [2.05, 4.69) is 25.7 Å². The van der Waals surface area contributed by atoms with Crippen LogP contribution in [0.5, 0.6) is 0 Å². The molecule has 0 radical (unpaired) electrons. The Labute approximate surface area is 98.8 Å². The minimum Gasteiger partial charge on any atom is -0.481 e. The smallest absolute Gasteiger partial charge is 0.303 e. The van der Waals surface area contributed by atoms with E-state index in [-0.39, 0.29) is 5.41 Å². The number of carboxylic acids is 1. The summed E-state index contributed by atoms with van der Waals surface area (Å²) in [6, 6.07) is 0. The Morgan fingerprint density at radius 3 is 2.75 bits per heavy atom. The van der Waals surface area contributed by atoms with Crippen molar-refractivity contribution in [3.63, 3.8) is 0 Å². The molecule has 0 saturated carbocycles. The minimum absolute atomic E-state index is 0.0128. The van der Waals surface area contributed by atoms with Crippen LogP contribution in [0.15, 0.2) is 0 Å². The van der Waals surface area contributed by atoms with Crippen molar-refractivity contribution in [2.24, 2.45) is 11.3 Å². The summed E-state index contributed by atoms with van der Waals surface area (Å²) in [5.74, 6) is 0.0702. The number of carbonyl (C=O) groups is 1. The van der Waals surface area contributed by atoms with E-state index in [4.69, 9.17) is 5.11 Å². The van der Waals surface area contributed by atoms with Crippen molar-refractivity contribution in [2.45, 2.75) is 46.5 Å². The van der Waals surface area contributed by atoms with Crippen LogP contribution in [-0.2, 0) is 4.79 Å². The highest BCUT2D eigenvalue weighted by Crippen LogP contribution is 2.32. The van der Waals surface area contributed by atoms with Gasteiger partial charge in [0.25, 0.3) is 0 Å². The molecule has 1 aliphatic rings. The summed E-state index contributed by atoms with van der Waals surface area (Å²) in [4.78, 5) is 13.3. The van der Waals surface area contributed by atoms with Gasteiger partial charge in [0, 0.05) is 6.54 Å². The van der Waals surface area contributed by atoms with Crippen molar-refractivity contribution in [3.05, 3.63) is 0 Å². The molecule has 1 rings (SSSR count). The number of nitrogens with zero attached hydrogens (tertiary/aromatic N) is 1. The summed E-state index contributed by atoms with van der Waals surface area (Å²) < 4.78 is 0. The molecule has 3 nitrogen and oxygen atoms in total. The van der Waals surface area contributed by atoms with E-state index in [1.165, 1.54) is 6.42 Å². The Morgan fingerprint density at radius 1 is 1.50 bits per heavy atom. The molecule has 0 aromatic heterocycles. The molecule has 1 aliphatic heterocycles. The lowest BCUT2D eigenvalue weighted by molar-refractivity contribution is -0.140. The molecule has 1 N–H and O–H groups in total. The van der Waals surface area contributed by atoms with E-state index in [0.717, 1.165) is 38.4 Å². The van der Waals surface area contributed by atoms with E-state index in [1.54, 1.807) is 0 Å². The summed E-state index contributed by atoms with van der Waals surface area (Å²) in [5, 5.41) is 8.92. The molecular weight excluding hydrogens is 202 g/mol. The van der Waals surface area contributed by atoms with E-state index in [9.17, 15) is 4.79 Å². The molecule has 16 heavy (non-hydrogen) atoms. The summed E-state index contributed by atoms with van der Waals surface area (Å²) in [7, 11) is 0. The number of piperidine rings is 1. The lowest BCUT2D eigenvalue weighted by Crippen LogP contribution is -2.43. The first kappa shape index (κ1) is 13.5.